The maximum Gasteiger partial charge on any atom is 0.306 e. The normalized spacial score (nSPS) is 39.4. The summed E-state index contributed by atoms with van der Waals surface area (Å²) < 4.78 is 5.52. The van der Waals surface area contributed by atoms with E-state index < -0.39 is 5.54 Å². The Morgan fingerprint density at radius 1 is 1.15 bits per heavy atom. The molecule has 1 amide bonds. The molecular weight excluding hydrogens is 396 g/mol. The van der Waals surface area contributed by atoms with Gasteiger partial charge in [-0.05, 0) is 81.5 Å². The van der Waals surface area contributed by atoms with E-state index in [-0.39, 0.29) is 28.2 Å². The molecule has 0 aromatic heterocycles. The molecule has 0 spiro atoms. The van der Waals surface area contributed by atoms with Crippen molar-refractivity contribution in [3.8, 4) is 6.07 Å². The Kier molecular flexibility index (Phi) is 4.58. The second-order valence-corrected chi connectivity index (χ2v) is 11.1. The van der Waals surface area contributed by atoms with E-state index in [9.17, 15) is 14.9 Å². The average molecular weight is 423 g/mol. The van der Waals surface area contributed by atoms with Crippen LogP contribution in [0.5, 0.6) is 0 Å². The first-order valence-corrected chi connectivity index (χ1v) is 10.7. The first kappa shape index (κ1) is 18.3. The lowest BCUT2D eigenvalue weighted by atomic mass is 9.49. The number of carbonyl (C=O) groups is 2. The molecule has 1 N–H and O–H groups in total. The zero-order valence-corrected chi connectivity index (χ0v) is 16.8. The van der Waals surface area contributed by atoms with E-state index in [0.29, 0.717) is 19.3 Å². The molecule has 5 aliphatic rings. The van der Waals surface area contributed by atoms with Crippen molar-refractivity contribution in [3.63, 3.8) is 0 Å². The molecule has 5 aliphatic carbocycles. The number of esters is 1. The van der Waals surface area contributed by atoms with Gasteiger partial charge in [0, 0.05) is 4.32 Å². The lowest BCUT2D eigenvalue weighted by Gasteiger charge is -2.60. The first-order chi connectivity index (χ1) is 12.3. The summed E-state index contributed by atoms with van der Waals surface area (Å²) in [5.74, 6) is 0.828. The number of nitrogens with zero attached hydrogens (tertiary/aromatic N) is 1. The van der Waals surface area contributed by atoms with E-state index >= 15 is 0 Å². The lowest BCUT2D eigenvalue weighted by molar-refractivity contribution is -0.155. The van der Waals surface area contributed by atoms with Crippen molar-refractivity contribution >= 4 is 27.8 Å². The minimum absolute atomic E-state index is 0.0560. The van der Waals surface area contributed by atoms with Crippen LogP contribution in [0.4, 0.5) is 0 Å². The summed E-state index contributed by atoms with van der Waals surface area (Å²) in [6.45, 7) is -0.273. The zero-order valence-electron chi connectivity index (χ0n) is 15.2. The number of halogens is 1. The Hall–Kier alpha value is -1.09. The molecule has 2 atom stereocenters. The van der Waals surface area contributed by atoms with Crippen LogP contribution in [0.15, 0.2) is 0 Å². The molecule has 5 rings (SSSR count). The Morgan fingerprint density at radius 2 is 1.81 bits per heavy atom. The van der Waals surface area contributed by atoms with Gasteiger partial charge in [-0.25, -0.2) is 0 Å². The Balaban J connectivity index is 1.29. The minimum atomic E-state index is -0.758. The van der Waals surface area contributed by atoms with Crippen LogP contribution >= 0.6 is 15.9 Å². The lowest BCUT2D eigenvalue weighted by Crippen LogP contribution is -2.53. The van der Waals surface area contributed by atoms with Crippen LogP contribution in [0.25, 0.3) is 0 Å². The molecule has 0 radical (unpaired) electrons. The van der Waals surface area contributed by atoms with Gasteiger partial charge >= 0.3 is 5.97 Å². The van der Waals surface area contributed by atoms with Crippen LogP contribution in [-0.2, 0) is 14.3 Å². The molecular formula is C20H27BrN2O3. The Bertz CT molecular complexity index is 636. The van der Waals surface area contributed by atoms with E-state index in [1.807, 2.05) is 0 Å². The molecule has 6 heteroatoms. The van der Waals surface area contributed by atoms with Crippen LogP contribution in [0.1, 0.15) is 70.6 Å². The number of ether oxygens (including phenoxy) is 1. The highest BCUT2D eigenvalue weighted by Crippen LogP contribution is 2.65. The predicted molar refractivity (Wildman–Crippen MR) is 99.3 cm³/mol. The monoisotopic (exact) mass is 422 g/mol. The van der Waals surface area contributed by atoms with Crippen molar-refractivity contribution in [2.45, 2.75) is 80.5 Å². The van der Waals surface area contributed by atoms with Crippen LogP contribution in [0, 0.1) is 28.6 Å². The molecule has 0 heterocycles. The van der Waals surface area contributed by atoms with E-state index in [2.05, 4.69) is 27.3 Å². The van der Waals surface area contributed by atoms with Gasteiger partial charge in [0.05, 0.1) is 12.5 Å². The van der Waals surface area contributed by atoms with Crippen molar-refractivity contribution in [3.05, 3.63) is 0 Å². The molecule has 4 bridgehead atoms. The zero-order chi connectivity index (χ0) is 18.4. The molecule has 0 aromatic rings. The van der Waals surface area contributed by atoms with Gasteiger partial charge in [0.25, 0.3) is 5.91 Å². The number of hydrogen-bond acceptors (Lipinski definition) is 4. The standard InChI is InChI=1S/C20H27BrN2O3/c21-19-8-14-5-15(9-19)7-18(6-14,12-19)10-17(25)26-11-16(24)23-20(13-22)3-1-2-4-20/h14-15H,1-12H2,(H,23,24)/t14-,15-,18?,19?/m0/s1. The van der Waals surface area contributed by atoms with Crippen LogP contribution in [-0.4, -0.2) is 28.3 Å². The van der Waals surface area contributed by atoms with Crippen LogP contribution in [0.3, 0.4) is 0 Å². The number of alkyl halides is 1. The number of carbonyl (C=O) groups excluding carboxylic acids is 2. The summed E-state index contributed by atoms with van der Waals surface area (Å²) in [7, 11) is 0. The van der Waals surface area contributed by atoms with Gasteiger partial charge in [-0.2, -0.15) is 5.26 Å². The third-order valence-electron chi connectivity index (χ3n) is 7.04. The highest BCUT2D eigenvalue weighted by atomic mass is 79.9. The molecule has 0 aliphatic heterocycles. The Labute approximate surface area is 163 Å². The van der Waals surface area contributed by atoms with Gasteiger partial charge in [0.2, 0.25) is 0 Å². The number of amides is 1. The van der Waals surface area contributed by atoms with Crippen molar-refractivity contribution < 1.29 is 14.3 Å². The Morgan fingerprint density at radius 3 is 2.38 bits per heavy atom. The van der Waals surface area contributed by atoms with Gasteiger partial charge in [-0.15, -0.1) is 0 Å². The quantitative estimate of drug-likeness (QED) is 0.541. The summed E-state index contributed by atoms with van der Waals surface area (Å²) in [4.78, 5) is 24.6. The largest absolute Gasteiger partial charge is 0.456 e. The summed E-state index contributed by atoms with van der Waals surface area (Å²) >= 11 is 3.96. The SMILES string of the molecule is N#CC1(NC(=O)COC(=O)CC23C[C@@H]4C[C@H](CC(Br)(C4)C2)C3)CCCC1. The molecule has 26 heavy (non-hydrogen) atoms. The molecule has 5 fully saturated rings. The van der Waals surface area contributed by atoms with Crippen molar-refractivity contribution in [2.24, 2.45) is 17.3 Å². The maximum atomic E-state index is 12.4. The predicted octanol–water partition coefficient (Wildman–Crippen LogP) is 3.61. The minimum Gasteiger partial charge on any atom is -0.456 e. The molecule has 142 valence electrons. The third kappa shape index (κ3) is 3.52. The smallest absolute Gasteiger partial charge is 0.306 e. The molecule has 5 saturated carbocycles. The third-order valence-corrected chi connectivity index (χ3v) is 7.97. The van der Waals surface area contributed by atoms with Gasteiger partial charge < -0.3 is 10.1 Å². The van der Waals surface area contributed by atoms with E-state index in [1.165, 1.54) is 19.3 Å². The van der Waals surface area contributed by atoms with Crippen LogP contribution in [0.2, 0.25) is 0 Å². The fourth-order valence-corrected chi connectivity index (χ4v) is 8.10. The summed E-state index contributed by atoms with van der Waals surface area (Å²) in [5.41, 5.74) is -0.702. The van der Waals surface area contributed by atoms with E-state index in [4.69, 9.17) is 4.74 Å². The number of hydrogen-bond donors (Lipinski definition) is 1. The van der Waals surface area contributed by atoms with Crippen molar-refractivity contribution in [1.82, 2.24) is 5.32 Å². The fraction of sp³-hybridized carbons (Fsp3) is 0.850. The average Bonchev–Trinajstić information content (AvgIpc) is 2.99. The number of nitriles is 1. The molecule has 0 aromatic carbocycles. The number of nitrogens with one attached hydrogen (secondary N) is 1. The van der Waals surface area contributed by atoms with E-state index in [0.717, 1.165) is 43.9 Å². The first-order valence-electron chi connectivity index (χ1n) is 9.90. The van der Waals surface area contributed by atoms with E-state index in [1.54, 1.807) is 0 Å². The summed E-state index contributed by atoms with van der Waals surface area (Å²) in [6, 6.07) is 2.23. The van der Waals surface area contributed by atoms with Crippen LogP contribution < -0.4 is 5.32 Å². The molecule has 5 nitrogen and oxygen atoms in total. The number of rotatable bonds is 5. The summed E-state index contributed by atoms with van der Waals surface area (Å²) in [5, 5.41) is 12.1. The van der Waals surface area contributed by atoms with Gasteiger partial charge in [-0.3, -0.25) is 9.59 Å². The van der Waals surface area contributed by atoms with Gasteiger partial charge in [0.15, 0.2) is 6.61 Å². The molecule has 0 unspecified atom stereocenters. The highest BCUT2D eigenvalue weighted by Gasteiger charge is 2.57. The van der Waals surface area contributed by atoms with Gasteiger partial charge in [0.1, 0.15) is 5.54 Å². The second-order valence-electron chi connectivity index (χ2n) is 9.40. The second kappa shape index (κ2) is 6.51. The van der Waals surface area contributed by atoms with Crippen molar-refractivity contribution in [2.75, 3.05) is 6.61 Å². The highest BCUT2D eigenvalue weighted by molar-refractivity contribution is 9.10. The topological polar surface area (TPSA) is 79.2 Å². The summed E-state index contributed by atoms with van der Waals surface area (Å²) in [6.07, 6.45) is 10.8. The molecule has 0 saturated heterocycles. The fourth-order valence-electron chi connectivity index (χ4n) is 6.59. The van der Waals surface area contributed by atoms with Crippen molar-refractivity contribution in [1.29, 1.82) is 5.26 Å². The van der Waals surface area contributed by atoms with Gasteiger partial charge in [-0.1, -0.05) is 15.9 Å². The maximum absolute atomic E-state index is 12.4.